The van der Waals surface area contributed by atoms with Crippen molar-refractivity contribution in [3.8, 4) is 5.75 Å². The molecule has 1 amide bonds. The van der Waals surface area contributed by atoms with Crippen molar-refractivity contribution in [2.45, 2.75) is 38.1 Å². The summed E-state index contributed by atoms with van der Waals surface area (Å²) in [5.74, 6) is 2.33. The van der Waals surface area contributed by atoms with Crippen LogP contribution in [0.15, 0.2) is 29.2 Å². The highest BCUT2D eigenvalue weighted by atomic mass is 32.2. The van der Waals surface area contributed by atoms with Crippen LogP contribution in [0.25, 0.3) is 0 Å². The number of ether oxygens (including phenoxy) is 1. The molecule has 1 aromatic rings. The molecule has 124 valence electrons. The van der Waals surface area contributed by atoms with Crippen LogP contribution in [0, 0.1) is 11.8 Å². The number of carbonyl (C=O) groups excluding carboxylic acids is 1. The molecule has 22 heavy (non-hydrogen) atoms. The van der Waals surface area contributed by atoms with Crippen LogP contribution in [0.2, 0.25) is 0 Å². The first kappa shape index (κ1) is 18.8. The number of nitrogens with one attached hydrogen (secondary N) is 1. The van der Waals surface area contributed by atoms with Gasteiger partial charge in [-0.3, -0.25) is 4.79 Å². The number of hydrogen-bond acceptors (Lipinski definition) is 4. The summed E-state index contributed by atoms with van der Waals surface area (Å²) in [6.07, 6.45) is 0.911. The van der Waals surface area contributed by atoms with Gasteiger partial charge >= 0.3 is 0 Å². The van der Waals surface area contributed by atoms with Gasteiger partial charge in [-0.2, -0.15) is 0 Å². The molecule has 3 atom stereocenters. The molecule has 1 aromatic carbocycles. The summed E-state index contributed by atoms with van der Waals surface area (Å²) in [7, 11) is 1.68. The molecule has 0 spiro atoms. The van der Waals surface area contributed by atoms with E-state index in [1.54, 1.807) is 18.9 Å². The number of methoxy groups -OCH3 is 1. The molecule has 3 N–H and O–H groups in total. The van der Waals surface area contributed by atoms with Gasteiger partial charge in [0.1, 0.15) is 5.75 Å². The Labute approximate surface area is 138 Å². The molecule has 0 saturated carbocycles. The molecule has 0 aliphatic heterocycles. The monoisotopic (exact) mass is 324 g/mol. The molecule has 0 bridgehead atoms. The second-order valence-electron chi connectivity index (χ2n) is 5.72. The third kappa shape index (κ3) is 5.89. The van der Waals surface area contributed by atoms with E-state index in [9.17, 15) is 4.79 Å². The van der Waals surface area contributed by atoms with E-state index in [1.165, 1.54) is 0 Å². The molecule has 1 rings (SSSR count). The van der Waals surface area contributed by atoms with E-state index in [4.69, 9.17) is 10.5 Å². The first-order valence-electron chi connectivity index (χ1n) is 7.78. The summed E-state index contributed by atoms with van der Waals surface area (Å²) in [5, 5.41) is 2.95. The predicted octanol–water partition coefficient (Wildman–Crippen LogP) is 2.91. The fourth-order valence-electron chi connectivity index (χ4n) is 1.93. The van der Waals surface area contributed by atoms with Gasteiger partial charge in [-0.1, -0.05) is 39.3 Å². The summed E-state index contributed by atoms with van der Waals surface area (Å²) in [5.41, 5.74) is 5.93. The van der Waals surface area contributed by atoms with Gasteiger partial charge in [-0.25, -0.2) is 0 Å². The molecule has 0 aliphatic carbocycles. The van der Waals surface area contributed by atoms with Crippen LogP contribution in [-0.4, -0.2) is 31.4 Å². The van der Waals surface area contributed by atoms with Gasteiger partial charge in [0.15, 0.2) is 0 Å². The molecule has 4 nitrogen and oxygen atoms in total. The van der Waals surface area contributed by atoms with Crippen molar-refractivity contribution in [2.75, 3.05) is 19.4 Å². The Morgan fingerprint density at radius 1 is 1.36 bits per heavy atom. The van der Waals surface area contributed by atoms with Crippen LogP contribution < -0.4 is 15.8 Å². The van der Waals surface area contributed by atoms with E-state index < -0.39 is 6.04 Å². The zero-order valence-corrected chi connectivity index (χ0v) is 14.8. The predicted molar refractivity (Wildman–Crippen MR) is 93.3 cm³/mol. The number of benzene rings is 1. The maximum atomic E-state index is 12.0. The van der Waals surface area contributed by atoms with Crippen LogP contribution in [0.1, 0.15) is 27.2 Å². The van der Waals surface area contributed by atoms with Gasteiger partial charge < -0.3 is 15.8 Å². The van der Waals surface area contributed by atoms with E-state index in [1.807, 2.05) is 38.1 Å². The number of thioether (sulfide) groups is 1. The molecular weight excluding hydrogens is 296 g/mol. The molecule has 0 fully saturated rings. The minimum absolute atomic E-state index is 0.0523. The fraction of sp³-hybridized carbons (Fsp3) is 0.588. The highest BCUT2D eigenvalue weighted by molar-refractivity contribution is 7.99. The highest BCUT2D eigenvalue weighted by Crippen LogP contribution is 2.29. The smallest absolute Gasteiger partial charge is 0.237 e. The third-order valence-corrected chi connectivity index (χ3v) is 5.16. The topological polar surface area (TPSA) is 64.4 Å². The standard InChI is InChI=1S/C17H28N2O2S/c1-5-13(3)16(18)17(20)19-10-12(2)11-22-15-9-7-6-8-14(15)21-4/h6-9,12-13,16H,5,10-11,18H2,1-4H3,(H,19,20). The normalized spacial score (nSPS) is 15.0. The van der Waals surface area contributed by atoms with Gasteiger partial charge in [0, 0.05) is 17.2 Å². The largest absolute Gasteiger partial charge is 0.496 e. The van der Waals surface area contributed by atoms with Crippen molar-refractivity contribution in [2.24, 2.45) is 17.6 Å². The summed E-state index contributed by atoms with van der Waals surface area (Å²) in [4.78, 5) is 13.1. The Kier molecular flexibility index (Phi) is 8.35. The number of nitrogens with two attached hydrogens (primary N) is 1. The highest BCUT2D eigenvalue weighted by Gasteiger charge is 2.19. The lowest BCUT2D eigenvalue weighted by atomic mass is 9.99. The minimum atomic E-state index is -0.418. The lowest BCUT2D eigenvalue weighted by Gasteiger charge is -2.19. The van der Waals surface area contributed by atoms with E-state index in [0.29, 0.717) is 12.5 Å². The molecule has 0 aromatic heterocycles. The minimum Gasteiger partial charge on any atom is -0.496 e. The van der Waals surface area contributed by atoms with Crippen molar-refractivity contribution < 1.29 is 9.53 Å². The van der Waals surface area contributed by atoms with E-state index in [-0.39, 0.29) is 11.8 Å². The third-order valence-electron chi connectivity index (χ3n) is 3.78. The SMILES string of the molecule is CCC(C)C(N)C(=O)NCC(C)CSc1ccccc1OC. The Morgan fingerprint density at radius 3 is 2.68 bits per heavy atom. The zero-order chi connectivity index (χ0) is 16.5. The van der Waals surface area contributed by atoms with E-state index in [2.05, 4.69) is 12.2 Å². The van der Waals surface area contributed by atoms with Crippen molar-refractivity contribution in [1.29, 1.82) is 0 Å². The van der Waals surface area contributed by atoms with Crippen LogP contribution in [0.5, 0.6) is 5.75 Å². The maximum Gasteiger partial charge on any atom is 0.237 e. The first-order valence-corrected chi connectivity index (χ1v) is 8.77. The second kappa shape index (κ2) is 9.74. The Hall–Kier alpha value is -1.20. The summed E-state index contributed by atoms with van der Waals surface area (Å²) >= 11 is 1.74. The Balaban J connectivity index is 2.37. The average Bonchev–Trinajstić information content (AvgIpc) is 2.56. The number of para-hydroxylation sites is 1. The quantitative estimate of drug-likeness (QED) is 0.686. The van der Waals surface area contributed by atoms with Crippen LogP contribution in [0.3, 0.4) is 0 Å². The summed E-state index contributed by atoms with van der Waals surface area (Å²) in [6.45, 7) is 6.82. The van der Waals surface area contributed by atoms with Crippen molar-refractivity contribution in [3.63, 3.8) is 0 Å². The average molecular weight is 324 g/mol. The van der Waals surface area contributed by atoms with Crippen molar-refractivity contribution >= 4 is 17.7 Å². The van der Waals surface area contributed by atoms with Crippen molar-refractivity contribution in [3.05, 3.63) is 24.3 Å². The van der Waals surface area contributed by atoms with Gasteiger partial charge in [0.05, 0.1) is 13.2 Å². The molecular formula is C17H28N2O2S. The fourth-order valence-corrected chi connectivity index (χ4v) is 2.98. The molecule has 3 unspecified atom stereocenters. The molecule has 0 aliphatic rings. The molecule has 0 heterocycles. The first-order chi connectivity index (χ1) is 10.5. The summed E-state index contributed by atoms with van der Waals surface area (Å²) < 4.78 is 5.34. The Morgan fingerprint density at radius 2 is 2.05 bits per heavy atom. The lowest BCUT2D eigenvalue weighted by Crippen LogP contribution is -2.45. The molecule has 0 saturated heterocycles. The van der Waals surface area contributed by atoms with Crippen LogP contribution in [-0.2, 0) is 4.79 Å². The van der Waals surface area contributed by atoms with Crippen LogP contribution >= 0.6 is 11.8 Å². The zero-order valence-electron chi connectivity index (χ0n) is 14.0. The van der Waals surface area contributed by atoms with Crippen LogP contribution in [0.4, 0.5) is 0 Å². The van der Waals surface area contributed by atoms with Gasteiger partial charge in [0.25, 0.3) is 0 Å². The van der Waals surface area contributed by atoms with E-state index >= 15 is 0 Å². The van der Waals surface area contributed by atoms with E-state index in [0.717, 1.165) is 22.8 Å². The number of carbonyl (C=O) groups is 1. The lowest BCUT2D eigenvalue weighted by molar-refractivity contribution is -0.123. The Bertz CT molecular complexity index is 468. The maximum absolute atomic E-state index is 12.0. The second-order valence-corrected chi connectivity index (χ2v) is 6.79. The van der Waals surface area contributed by atoms with Crippen molar-refractivity contribution in [1.82, 2.24) is 5.32 Å². The van der Waals surface area contributed by atoms with Gasteiger partial charge in [-0.15, -0.1) is 11.8 Å². The number of hydrogen-bond donors (Lipinski definition) is 2. The molecule has 0 radical (unpaired) electrons. The number of amides is 1. The summed E-state index contributed by atoms with van der Waals surface area (Å²) in [6, 6.07) is 7.55. The van der Waals surface area contributed by atoms with Gasteiger partial charge in [-0.05, 0) is 24.0 Å². The number of rotatable bonds is 9. The van der Waals surface area contributed by atoms with Gasteiger partial charge in [0.2, 0.25) is 5.91 Å². The molecule has 5 heteroatoms.